The summed E-state index contributed by atoms with van der Waals surface area (Å²) in [5.41, 5.74) is 1.81. The monoisotopic (exact) mass is 249 g/mol. The minimum atomic E-state index is -0.105. The Balaban J connectivity index is 1.96. The van der Waals surface area contributed by atoms with Crippen molar-refractivity contribution < 1.29 is 9.53 Å². The van der Waals surface area contributed by atoms with Crippen molar-refractivity contribution in [1.82, 2.24) is 15.6 Å². The van der Waals surface area contributed by atoms with Crippen molar-refractivity contribution in [3.8, 4) is 5.75 Å². The molecule has 2 N–H and O–H groups in total. The van der Waals surface area contributed by atoms with Crippen LogP contribution in [0, 0.1) is 6.92 Å². The van der Waals surface area contributed by atoms with Crippen LogP contribution in [0.25, 0.3) is 0 Å². The maximum atomic E-state index is 11.6. The largest absolute Gasteiger partial charge is 0.497 e. The van der Waals surface area contributed by atoms with Crippen molar-refractivity contribution in [2.75, 3.05) is 13.7 Å². The van der Waals surface area contributed by atoms with E-state index in [1.807, 2.05) is 19.1 Å². The number of rotatable bonds is 4. The van der Waals surface area contributed by atoms with Crippen LogP contribution in [-0.4, -0.2) is 30.6 Å². The van der Waals surface area contributed by atoms with Gasteiger partial charge in [-0.1, -0.05) is 0 Å². The third-order valence-electron chi connectivity index (χ3n) is 3.03. The Bertz CT molecular complexity index is 434. The zero-order valence-electron chi connectivity index (χ0n) is 10.8. The number of carbonyl (C=O) groups is 1. The number of nitrogens with zero attached hydrogens (tertiary/aromatic N) is 1. The fourth-order valence-electron chi connectivity index (χ4n) is 2.11. The van der Waals surface area contributed by atoms with E-state index in [-0.39, 0.29) is 11.9 Å². The summed E-state index contributed by atoms with van der Waals surface area (Å²) in [6, 6.07) is 3.67. The average Bonchev–Trinajstić information content (AvgIpc) is 2.37. The van der Waals surface area contributed by atoms with Crippen LogP contribution in [0.2, 0.25) is 0 Å². The Morgan fingerprint density at radius 2 is 2.39 bits per heavy atom. The Morgan fingerprint density at radius 3 is 3.11 bits per heavy atom. The molecule has 0 aromatic carbocycles. The van der Waals surface area contributed by atoms with Crippen LogP contribution >= 0.6 is 0 Å². The minimum Gasteiger partial charge on any atom is -0.497 e. The van der Waals surface area contributed by atoms with Crippen LogP contribution in [0.15, 0.2) is 12.1 Å². The average molecular weight is 249 g/mol. The number of aryl methyl sites for hydroxylation is 1. The highest BCUT2D eigenvalue weighted by molar-refractivity contribution is 5.82. The molecule has 5 heteroatoms. The number of ether oxygens (including phenoxy) is 1. The van der Waals surface area contributed by atoms with Gasteiger partial charge >= 0.3 is 0 Å². The van der Waals surface area contributed by atoms with Gasteiger partial charge in [0.25, 0.3) is 0 Å². The smallest absolute Gasteiger partial charge is 0.237 e. The fourth-order valence-corrected chi connectivity index (χ4v) is 2.11. The maximum absolute atomic E-state index is 11.6. The molecular weight excluding hydrogens is 230 g/mol. The van der Waals surface area contributed by atoms with Crippen molar-refractivity contribution in [2.45, 2.75) is 32.4 Å². The molecular formula is C13H19N3O2. The molecule has 2 rings (SSSR count). The quantitative estimate of drug-likeness (QED) is 0.827. The third kappa shape index (κ3) is 3.20. The predicted octanol–water partition coefficient (Wildman–Crippen LogP) is 0.767. The predicted molar refractivity (Wildman–Crippen MR) is 68.4 cm³/mol. The number of aromatic nitrogens is 1. The van der Waals surface area contributed by atoms with Crippen molar-refractivity contribution in [3.63, 3.8) is 0 Å². The fraction of sp³-hybridized carbons (Fsp3) is 0.538. The third-order valence-corrected chi connectivity index (χ3v) is 3.03. The highest BCUT2D eigenvalue weighted by atomic mass is 16.5. The second-order valence-electron chi connectivity index (χ2n) is 4.51. The number of methoxy groups -OCH3 is 1. The molecule has 0 aliphatic carbocycles. The molecule has 0 radical (unpaired) electrons. The lowest BCUT2D eigenvalue weighted by Gasteiger charge is -2.22. The highest BCUT2D eigenvalue weighted by Crippen LogP contribution is 2.13. The molecule has 5 nitrogen and oxygen atoms in total. The van der Waals surface area contributed by atoms with Crippen molar-refractivity contribution in [1.29, 1.82) is 0 Å². The van der Waals surface area contributed by atoms with E-state index in [4.69, 9.17) is 4.74 Å². The number of nitrogens with one attached hydrogen (secondary N) is 2. The van der Waals surface area contributed by atoms with Crippen molar-refractivity contribution >= 4 is 5.91 Å². The standard InChI is InChI=1S/C13H19N3O2/c1-9-6-11(18-2)7-10(16-9)8-15-12-4-3-5-14-13(12)17/h6-7,12,15H,3-5,8H2,1-2H3,(H,14,17). The lowest BCUT2D eigenvalue weighted by atomic mass is 10.1. The molecule has 0 bridgehead atoms. The van der Waals surface area contributed by atoms with Gasteiger partial charge in [-0.2, -0.15) is 0 Å². The molecule has 1 aliphatic heterocycles. The first-order chi connectivity index (χ1) is 8.69. The summed E-state index contributed by atoms with van der Waals surface area (Å²) in [7, 11) is 1.64. The molecule has 1 aliphatic rings. The molecule has 2 heterocycles. The number of hydrogen-bond acceptors (Lipinski definition) is 4. The van der Waals surface area contributed by atoms with Gasteiger partial charge in [0.05, 0.1) is 18.8 Å². The molecule has 1 aromatic heterocycles. The van der Waals surface area contributed by atoms with E-state index in [0.29, 0.717) is 6.54 Å². The first kappa shape index (κ1) is 12.8. The second-order valence-corrected chi connectivity index (χ2v) is 4.51. The Labute approximate surface area is 107 Å². The summed E-state index contributed by atoms with van der Waals surface area (Å²) in [6.07, 6.45) is 1.91. The summed E-state index contributed by atoms with van der Waals surface area (Å²) >= 11 is 0. The molecule has 1 atom stereocenters. The van der Waals surface area contributed by atoms with Gasteiger partial charge < -0.3 is 15.4 Å². The van der Waals surface area contributed by atoms with Crippen LogP contribution in [0.4, 0.5) is 0 Å². The summed E-state index contributed by atoms with van der Waals surface area (Å²) in [6.45, 7) is 3.29. The number of carbonyl (C=O) groups excluding carboxylic acids is 1. The van der Waals surface area contributed by atoms with Gasteiger partial charge in [-0.15, -0.1) is 0 Å². The van der Waals surface area contributed by atoms with Crippen molar-refractivity contribution in [3.05, 3.63) is 23.5 Å². The Morgan fingerprint density at radius 1 is 1.56 bits per heavy atom. The summed E-state index contributed by atoms with van der Waals surface area (Å²) in [4.78, 5) is 16.0. The van der Waals surface area contributed by atoms with Crippen LogP contribution in [0.3, 0.4) is 0 Å². The summed E-state index contributed by atoms with van der Waals surface area (Å²) in [5, 5.41) is 6.09. The first-order valence-corrected chi connectivity index (χ1v) is 6.21. The lowest BCUT2D eigenvalue weighted by molar-refractivity contribution is -0.124. The topological polar surface area (TPSA) is 63.2 Å². The van der Waals surface area contributed by atoms with E-state index in [1.54, 1.807) is 7.11 Å². The van der Waals surface area contributed by atoms with E-state index in [2.05, 4.69) is 15.6 Å². The zero-order chi connectivity index (χ0) is 13.0. The Hall–Kier alpha value is -1.62. The second kappa shape index (κ2) is 5.82. The minimum absolute atomic E-state index is 0.0841. The molecule has 1 saturated heterocycles. The van der Waals surface area contributed by atoms with Gasteiger partial charge in [-0.05, 0) is 19.8 Å². The maximum Gasteiger partial charge on any atom is 0.237 e. The van der Waals surface area contributed by atoms with Crippen LogP contribution < -0.4 is 15.4 Å². The zero-order valence-corrected chi connectivity index (χ0v) is 10.8. The van der Waals surface area contributed by atoms with Gasteiger partial charge in [0.1, 0.15) is 5.75 Å². The van der Waals surface area contributed by atoms with Crippen LogP contribution in [0.1, 0.15) is 24.2 Å². The number of amides is 1. The molecule has 1 fully saturated rings. The Kier molecular flexibility index (Phi) is 4.15. The molecule has 18 heavy (non-hydrogen) atoms. The molecule has 0 saturated carbocycles. The highest BCUT2D eigenvalue weighted by Gasteiger charge is 2.21. The van der Waals surface area contributed by atoms with Crippen LogP contribution in [0.5, 0.6) is 5.75 Å². The first-order valence-electron chi connectivity index (χ1n) is 6.21. The number of pyridine rings is 1. The summed E-state index contributed by atoms with van der Waals surface area (Å²) in [5.74, 6) is 0.883. The molecule has 0 spiro atoms. The molecule has 1 amide bonds. The SMILES string of the molecule is COc1cc(C)nc(CNC2CCCNC2=O)c1. The normalized spacial score (nSPS) is 19.4. The van der Waals surface area contributed by atoms with Crippen LogP contribution in [-0.2, 0) is 11.3 Å². The van der Waals surface area contributed by atoms with Gasteiger partial charge in [-0.25, -0.2) is 0 Å². The van der Waals surface area contributed by atoms with Gasteiger partial charge in [0.15, 0.2) is 0 Å². The molecule has 1 aromatic rings. The van der Waals surface area contributed by atoms with Crippen molar-refractivity contribution in [2.24, 2.45) is 0 Å². The van der Waals surface area contributed by atoms with E-state index in [1.165, 1.54) is 0 Å². The van der Waals surface area contributed by atoms with Gasteiger partial charge in [-0.3, -0.25) is 9.78 Å². The molecule has 1 unspecified atom stereocenters. The van der Waals surface area contributed by atoms with E-state index in [0.717, 1.165) is 36.5 Å². The molecule has 98 valence electrons. The number of piperidine rings is 1. The van der Waals surface area contributed by atoms with E-state index >= 15 is 0 Å². The lowest BCUT2D eigenvalue weighted by Crippen LogP contribution is -2.48. The number of hydrogen-bond donors (Lipinski definition) is 2. The van der Waals surface area contributed by atoms with E-state index < -0.39 is 0 Å². The summed E-state index contributed by atoms with van der Waals surface area (Å²) < 4.78 is 5.20. The van der Waals surface area contributed by atoms with E-state index in [9.17, 15) is 4.79 Å². The van der Waals surface area contributed by atoms with Gasteiger partial charge in [0.2, 0.25) is 5.91 Å². The van der Waals surface area contributed by atoms with Gasteiger partial charge in [0, 0.05) is 30.9 Å².